The van der Waals surface area contributed by atoms with E-state index >= 15 is 0 Å². The van der Waals surface area contributed by atoms with Crippen molar-refractivity contribution in [3.8, 4) is 0 Å². The SMILES string of the molecule is CCn1c(C)nnc1CN1C[C@@H](F)C[C@H]1CO. The van der Waals surface area contributed by atoms with Gasteiger partial charge in [-0.25, -0.2) is 4.39 Å². The number of hydrogen-bond acceptors (Lipinski definition) is 4. The van der Waals surface area contributed by atoms with E-state index in [0.717, 1.165) is 18.2 Å². The summed E-state index contributed by atoms with van der Waals surface area (Å²) in [7, 11) is 0. The van der Waals surface area contributed by atoms with Crippen LogP contribution in [0.5, 0.6) is 0 Å². The van der Waals surface area contributed by atoms with Gasteiger partial charge in [-0.2, -0.15) is 0 Å². The van der Waals surface area contributed by atoms with Gasteiger partial charge in [-0.05, 0) is 20.3 Å². The maximum Gasteiger partial charge on any atom is 0.147 e. The molecule has 0 spiro atoms. The van der Waals surface area contributed by atoms with E-state index in [1.807, 2.05) is 23.3 Å². The predicted molar refractivity (Wildman–Crippen MR) is 61.2 cm³/mol. The second kappa shape index (κ2) is 5.10. The van der Waals surface area contributed by atoms with Crippen molar-refractivity contribution in [1.82, 2.24) is 19.7 Å². The van der Waals surface area contributed by atoms with E-state index in [9.17, 15) is 9.50 Å². The van der Waals surface area contributed by atoms with Gasteiger partial charge in [-0.3, -0.25) is 4.90 Å². The third kappa shape index (κ3) is 2.47. The summed E-state index contributed by atoms with van der Waals surface area (Å²) in [5.41, 5.74) is 0. The van der Waals surface area contributed by atoms with Crippen molar-refractivity contribution in [2.24, 2.45) is 0 Å². The lowest BCUT2D eigenvalue weighted by Crippen LogP contribution is -2.33. The molecule has 1 N–H and O–H groups in total. The zero-order valence-electron chi connectivity index (χ0n) is 10.3. The molecule has 0 radical (unpaired) electrons. The lowest BCUT2D eigenvalue weighted by atomic mass is 10.2. The van der Waals surface area contributed by atoms with E-state index in [1.165, 1.54) is 0 Å². The van der Waals surface area contributed by atoms with E-state index in [2.05, 4.69) is 10.2 Å². The van der Waals surface area contributed by atoms with Crippen LogP contribution >= 0.6 is 0 Å². The van der Waals surface area contributed by atoms with Gasteiger partial charge in [-0.1, -0.05) is 0 Å². The number of aliphatic hydroxyl groups excluding tert-OH is 1. The van der Waals surface area contributed by atoms with Crippen LogP contribution in [0.4, 0.5) is 4.39 Å². The maximum atomic E-state index is 13.3. The van der Waals surface area contributed by atoms with Crippen molar-refractivity contribution in [2.75, 3.05) is 13.2 Å². The zero-order valence-corrected chi connectivity index (χ0v) is 10.3. The maximum absolute atomic E-state index is 13.3. The third-order valence-corrected chi connectivity index (χ3v) is 3.36. The summed E-state index contributed by atoms with van der Waals surface area (Å²) in [6.45, 7) is 5.68. The molecule has 1 fully saturated rings. The first-order valence-electron chi connectivity index (χ1n) is 6.03. The Labute approximate surface area is 100 Å². The summed E-state index contributed by atoms with van der Waals surface area (Å²) in [6, 6.07) is -0.0905. The highest BCUT2D eigenvalue weighted by Crippen LogP contribution is 2.22. The molecule has 0 bridgehead atoms. The van der Waals surface area contributed by atoms with Crippen molar-refractivity contribution in [1.29, 1.82) is 0 Å². The van der Waals surface area contributed by atoms with Crippen molar-refractivity contribution in [3.05, 3.63) is 11.6 Å². The van der Waals surface area contributed by atoms with Crippen LogP contribution in [-0.2, 0) is 13.1 Å². The number of aryl methyl sites for hydroxylation is 1. The van der Waals surface area contributed by atoms with Crippen LogP contribution in [0.15, 0.2) is 0 Å². The van der Waals surface area contributed by atoms with Crippen LogP contribution in [0.2, 0.25) is 0 Å². The zero-order chi connectivity index (χ0) is 12.4. The highest BCUT2D eigenvalue weighted by molar-refractivity contribution is 4.96. The van der Waals surface area contributed by atoms with Crippen LogP contribution in [-0.4, -0.2) is 50.1 Å². The first kappa shape index (κ1) is 12.4. The Morgan fingerprint density at radius 1 is 1.47 bits per heavy atom. The molecule has 1 aromatic heterocycles. The Balaban J connectivity index is 2.09. The molecule has 1 aliphatic heterocycles. The number of alkyl halides is 1. The predicted octanol–water partition coefficient (Wildman–Crippen LogP) is 0.511. The summed E-state index contributed by atoms with van der Waals surface area (Å²) in [4.78, 5) is 1.94. The largest absolute Gasteiger partial charge is 0.395 e. The summed E-state index contributed by atoms with van der Waals surface area (Å²) >= 11 is 0. The smallest absolute Gasteiger partial charge is 0.147 e. The Kier molecular flexibility index (Phi) is 3.73. The van der Waals surface area contributed by atoms with Crippen molar-refractivity contribution in [2.45, 2.75) is 45.6 Å². The molecule has 0 amide bonds. The molecule has 2 atom stereocenters. The standard InChI is InChI=1S/C11H19FN4O/c1-3-16-8(2)13-14-11(16)6-15-5-9(12)4-10(15)7-17/h9-10,17H,3-7H2,1-2H3/t9-,10-/m0/s1. The molecule has 2 rings (SSSR count). The highest BCUT2D eigenvalue weighted by atomic mass is 19.1. The van der Waals surface area contributed by atoms with Gasteiger partial charge in [0.05, 0.1) is 13.2 Å². The monoisotopic (exact) mass is 242 g/mol. The molecule has 0 unspecified atom stereocenters. The normalized spacial score (nSPS) is 25.6. The van der Waals surface area contributed by atoms with Gasteiger partial charge in [0.1, 0.15) is 17.8 Å². The summed E-state index contributed by atoms with van der Waals surface area (Å²) < 4.78 is 15.3. The van der Waals surface area contributed by atoms with Crippen molar-refractivity contribution in [3.63, 3.8) is 0 Å². The molecule has 17 heavy (non-hydrogen) atoms. The Morgan fingerprint density at radius 3 is 2.88 bits per heavy atom. The van der Waals surface area contributed by atoms with Crippen molar-refractivity contribution < 1.29 is 9.50 Å². The number of aliphatic hydroxyl groups is 1. The van der Waals surface area contributed by atoms with Gasteiger partial charge in [0.2, 0.25) is 0 Å². The van der Waals surface area contributed by atoms with E-state index in [1.54, 1.807) is 0 Å². The van der Waals surface area contributed by atoms with Crippen LogP contribution in [0.3, 0.4) is 0 Å². The third-order valence-electron chi connectivity index (χ3n) is 3.36. The molecular formula is C11H19FN4O. The minimum absolute atomic E-state index is 0.000333. The summed E-state index contributed by atoms with van der Waals surface area (Å²) in [5.74, 6) is 1.72. The number of halogens is 1. The van der Waals surface area contributed by atoms with Gasteiger partial charge < -0.3 is 9.67 Å². The van der Waals surface area contributed by atoms with Crippen LogP contribution in [0.1, 0.15) is 25.0 Å². The fraction of sp³-hybridized carbons (Fsp3) is 0.818. The van der Waals surface area contributed by atoms with Gasteiger partial charge >= 0.3 is 0 Å². The number of likely N-dealkylation sites (tertiary alicyclic amines) is 1. The highest BCUT2D eigenvalue weighted by Gasteiger charge is 2.32. The molecule has 0 aliphatic carbocycles. The Bertz CT molecular complexity index is 382. The van der Waals surface area contributed by atoms with Crippen LogP contribution < -0.4 is 0 Å². The fourth-order valence-corrected chi connectivity index (χ4v) is 2.44. The van der Waals surface area contributed by atoms with Gasteiger partial charge in [-0.15, -0.1) is 10.2 Å². The Morgan fingerprint density at radius 2 is 2.24 bits per heavy atom. The van der Waals surface area contributed by atoms with E-state index in [0.29, 0.717) is 19.5 Å². The topological polar surface area (TPSA) is 54.2 Å². The number of aromatic nitrogens is 3. The van der Waals surface area contributed by atoms with E-state index in [-0.39, 0.29) is 12.6 Å². The molecule has 5 nitrogen and oxygen atoms in total. The Hall–Kier alpha value is -1.01. The molecular weight excluding hydrogens is 223 g/mol. The second-order valence-electron chi connectivity index (χ2n) is 4.51. The first-order chi connectivity index (χ1) is 8.15. The van der Waals surface area contributed by atoms with Gasteiger partial charge in [0.15, 0.2) is 0 Å². The van der Waals surface area contributed by atoms with E-state index < -0.39 is 6.17 Å². The lowest BCUT2D eigenvalue weighted by molar-refractivity contribution is 0.149. The first-order valence-corrected chi connectivity index (χ1v) is 6.03. The average molecular weight is 242 g/mol. The van der Waals surface area contributed by atoms with E-state index in [4.69, 9.17) is 0 Å². The minimum Gasteiger partial charge on any atom is -0.395 e. The number of nitrogens with zero attached hydrogens (tertiary/aromatic N) is 4. The second-order valence-corrected chi connectivity index (χ2v) is 4.51. The molecule has 1 saturated heterocycles. The van der Waals surface area contributed by atoms with Crippen LogP contribution in [0.25, 0.3) is 0 Å². The molecule has 6 heteroatoms. The van der Waals surface area contributed by atoms with Gasteiger partial charge in [0.25, 0.3) is 0 Å². The molecule has 96 valence electrons. The summed E-state index contributed by atoms with van der Waals surface area (Å²) in [5, 5.41) is 17.4. The quantitative estimate of drug-likeness (QED) is 0.836. The van der Waals surface area contributed by atoms with Crippen LogP contribution in [0, 0.1) is 6.92 Å². The van der Waals surface area contributed by atoms with Gasteiger partial charge in [0, 0.05) is 19.1 Å². The summed E-state index contributed by atoms with van der Waals surface area (Å²) in [6.07, 6.45) is -0.429. The molecule has 1 aromatic rings. The molecule has 1 aliphatic rings. The van der Waals surface area contributed by atoms with Crippen molar-refractivity contribution >= 4 is 0 Å². The molecule has 0 saturated carbocycles. The molecule has 0 aromatic carbocycles. The number of rotatable bonds is 4. The minimum atomic E-state index is -0.841. The average Bonchev–Trinajstić information content (AvgIpc) is 2.83. The fourth-order valence-electron chi connectivity index (χ4n) is 2.44. The molecule has 2 heterocycles. The number of hydrogen-bond donors (Lipinski definition) is 1. The lowest BCUT2D eigenvalue weighted by Gasteiger charge is -2.21.